The third-order valence-corrected chi connectivity index (χ3v) is 4.80. The van der Waals surface area contributed by atoms with E-state index in [1.54, 1.807) is 12.1 Å². The standard InChI is InChI=1S/C17H26N4O2S.2ClH/c1-21(2)9-7-16(22)19-13-3-5-14(6-4-13)20-17(23)11-15-12-24-10-8-18-15;;/h3-6,15,18H,7-12H2,1-2H3,(H,19,22)(H,20,23);2*1H. The molecule has 1 unspecified atom stereocenters. The minimum atomic E-state index is -0.0126. The molecule has 3 N–H and O–H groups in total. The summed E-state index contributed by atoms with van der Waals surface area (Å²) in [6.45, 7) is 1.68. The Balaban J connectivity index is 0.00000312. The van der Waals surface area contributed by atoms with Gasteiger partial charge in [-0.3, -0.25) is 9.59 Å². The van der Waals surface area contributed by atoms with Crippen LogP contribution in [0.3, 0.4) is 0 Å². The Kier molecular flexibility index (Phi) is 12.7. The van der Waals surface area contributed by atoms with Crippen LogP contribution in [0.1, 0.15) is 12.8 Å². The average molecular weight is 423 g/mol. The molecule has 2 amide bonds. The molecule has 1 aromatic rings. The van der Waals surface area contributed by atoms with Crippen LogP contribution >= 0.6 is 36.6 Å². The molecule has 6 nitrogen and oxygen atoms in total. The monoisotopic (exact) mass is 422 g/mol. The maximum atomic E-state index is 12.1. The van der Waals surface area contributed by atoms with Crippen LogP contribution in [0.5, 0.6) is 0 Å². The largest absolute Gasteiger partial charge is 0.326 e. The molecule has 0 aliphatic carbocycles. The summed E-state index contributed by atoms with van der Waals surface area (Å²) in [5, 5.41) is 9.11. The molecule has 0 bridgehead atoms. The molecule has 1 saturated heterocycles. The summed E-state index contributed by atoms with van der Waals surface area (Å²) in [7, 11) is 3.87. The van der Waals surface area contributed by atoms with Gasteiger partial charge in [-0.05, 0) is 38.4 Å². The summed E-state index contributed by atoms with van der Waals surface area (Å²) >= 11 is 1.88. The third-order valence-electron chi connectivity index (χ3n) is 3.67. The maximum Gasteiger partial charge on any atom is 0.225 e. The molecule has 1 aliphatic rings. The van der Waals surface area contributed by atoms with E-state index in [1.807, 2.05) is 42.9 Å². The summed E-state index contributed by atoms with van der Waals surface area (Å²) in [5.74, 6) is 2.09. The SMILES string of the molecule is CN(C)CCC(=O)Nc1ccc(NC(=O)CC2CSCCN2)cc1.Cl.Cl. The number of rotatable bonds is 7. The lowest BCUT2D eigenvalue weighted by molar-refractivity contribution is -0.117. The molecule has 1 atom stereocenters. The van der Waals surface area contributed by atoms with E-state index in [-0.39, 0.29) is 42.7 Å². The number of benzene rings is 1. The number of halogens is 2. The van der Waals surface area contributed by atoms with E-state index in [0.29, 0.717) is 19.4 Å². The van der Waals surface area contributed by atoms with E-state index in [2.05, 4.69) is 16.0 Å². The summed E-state index contributed by atoms with van der Waals surface area (Å²) in [6, 6.07) is 7.47. The van der Waals surface area contributed by atoms with Crippen LogP contribution in [0.2, 0.25) is 0 Å². The minimum absolute atomic E-state index is 0. The van der Waals surface area contributed by atoms with Crippen LogP contribution in [0.4, 0.5) is 11.4 Å². The zero-order chi connectivity index (χ0) is 17.4. The van der Waals surface area contributed by atoms with Crippen LogP contribution < -0.4 is 16.0 Å². The molecule has 9 heteroatoms. The van der Waals surface area contributed by atoms with E-state index in [1.165, 1.54) is 0 Å². The molecule has 0 aromatic heterocycles. The van der Waals surface area contributed by atoms with Crippen molar-refractivity contribution in [2.24, 2.45) is 0 Å². The third kappa shape index (κ3) is 9.64. The van der Waals surface area contributed by atoms with Crippen molar-refractivity contribution in [2.75, 3.05) is 49.3 Å². The molecule has 148 valence electrons. The summed E-state index contributed by atoms with van der Waals surface area (Å²) < 4.78 is 0. The van der Waals surface area contributed by atoms with Crippen LogP contribution in [0.15, 0.2) is 24.3 Å². The molecule has 1 heterocycles. The Morgan fingerprint density at radius 1 is 1.12 bits per heavy atom. The summed E-state index contributed by atoms with van der Waals surface area (Å²) in [6.07, 6.45) is 0.938. The van der Waals surface area contributed by atoms with E-state index in [4.69, 9.17) is 0 Å². The van der Waals surface area contributed by atoms with Gasteiger partial charge in [-0.25, -0.2) is 0 Å². The quantitative estimate of drug-likeness (QED) is 0.629. The summed E-state index contributed by atoms with van der Waals surface area (Å²) in [4.78, 5) is 25.8. The van der Waals surface area contributed by atoms with Crippen molar-refractivity contribution < 1.29 is 9.59 Å². The van der Waals surface area contributed by atoms with Crippen LogP contribution in [-0.2, 0) is 9.59 Å². The molecule has 1 fully saturated rings. The van der Waals surface area contributed by atoms with Crippen molar-refractivity contribution in [1.82, 2.24) is 10.2 Å². The first kappa shape index (κ1) is 25.0. The zero-order valence-corrected chi connectivity index (χ0v) is 17.6. The van der Waals surface area contributed by atoms with Crippen molar-refractivity contribution in [3.05, 3.63) is 24.3 Å². The predicted molar refractivity (Wildman–Crippen MR) is 115 cm³/mol. The highest BCUT2D eigenvalue weighted by Gasteiger charge is 2.16. The zero-order valence-electron chi connectivity index (χ0n) is 15.1. The maximum absolute atomic E-state index is 12.1. The van der Waals surface area contributed by atoms with Gasteiger partial charge in [-0.1, -0.05) is 0 Å². The van der Waals surface area contributed by atoms with Crippen LogP contribution in [0, 0.1) is 0 Å². The fraction of sp³-hybridized carbons (Fsp3) is 0.529. The van der Waals surface area contributed by atoms with Gasteiger partial charge >= 0.3 is 0 Å². The molecular weight excluding hydrogens is 395 g/mol. The number of anilines is 2. The Labute approximate surface area is 172 Å². The van der Waals surface area contributed by atoms with E-state index < -0.39 is 0 Å². The molecule has 1 aromatic carbocycles. The normalized spacial score (nSPS) is 16.2. The van der Waals surface area contributed by atoms with Crippen molar-refractivity contribution in [2.45, 2.75) is 18.9 Å². The van der Waals surface area contributed by atoms with Gasteiger partial charge < -0.3 is 20.9 Å². The number of amides is 2. The van der Waals surface area contributed by atoms with Gasteiger partial charge in [0.25, 0.3) is 0 Å². The average Bonchev–Trinajstić information content (AvgIpc) is 2.55. The van der Waals surface area contributed by atoms with Gasteiger partial charge in [0.15, 0.2) is 0 Å². The predicted octanol–water partition coefficient (Wildman–Crippen LogP) is 2.45. The highest BCUT2D eigenvalue weighted by molar-refractivity contribution is 7.99. The lowest BCUT2D eigenvalue weighted by Gasteiger charge is -2.22. The first-order valence-corrected chi connectivity index (χ1v) is 9.34. The highest BCUT2D eigenvalue weighted by Crippen LogP contribution is 2.15. The second kappa shape index (κ2) is 13.2. The fourth-order valence-corrected chi connectivity index (χ4v) is 3.32. The van der Waals surface area contributed by atoms with Gasteiger partial charge in [0.05, 0.1) is 0 Å². The Morgan fingerprint density at radius 3 is 2.19 bits per heavy atom. The van der Waals surface area contributed by atoms with Crippen molar-refractivity contribution in [3.63, 3.8) is 0 Å². The lowest BCUT2D eigenvalue weighted by atomic mass is 10.2. The number of carbonyl (C=O) groups is 2. The van der Waals surface area contributed by atoms with Crippen LogP contribution in [0.25, 0.3) is 0 Å². The number of hydrogen-bond donors (Lipinski definition) is 3. The number of thioether (sulfide) groups is 1. The molecule has 0 radical (unpaired) electrons. The lowest BCUT2D eigenvalue weighted by Crippen LogP contribution is -2.39. The molecule has 26 heavy (non-hydrogen) atoms. The van der Waals surface area contributed by atoms with Crippen molar-refractivity contribution in [3.8, 4) is 0 Å². The minimum Gasteiger partial charge on any atom is -0.326 e. The van der Waals surface area contributed by atoms with Gasteiger partial charge in [0.1, 0.15) is 0 Å². The second-order valence-electron chi connectivity index (χ2n) is 6.16. The van der Waals surface area contributed by atoms with Crippen molar-refractivity contribution >= 4 is 59.8 Å². The number of hydrogen-bond acceptors (Lipinski definition) is 5. The van der Waals surface area contributed by atoms with Gasteiger partial charge in [0, 0.05) is 54.9 Å². The fourth-order valence-electron chi connectivity index (χ4n) is 2.37. The smallest absolute Gasteiger partial charge is 0.225 e. The van der Waals surface area contributed by atoms with E-state index in [0.717, 1.165) is 29.4 Å². The first-order chi connectivity index (χ1) is 11.5. The van der Waals surface area contributed by atoms with Crippen LogP contribution in [-0.4, -0.2) is 61.4 Å². The number of carbonyl (C=O) groups excluding carboxylic acids is 2. The number of nitrogens with one attached hydrogen (secondary N) is 3. The van der Waals surface area contributed by atoms with Gasteiger partial charge in [0.2, 0.25) is 11.8 Å². The highest BCUT2D eigenvalue weighted by atomic mass is 35.5. The van der Waals surface area contributed by atoms with Gasteiger partial charge in [-0.2, -0.15) is 11.8 Å². The topological polar surface area (TPSA) is 73.5 Å². The van der Waals surface area contributed by atoms with Crippen molar-refractivity contribution in [1.29, 1.82) is 0 Å². The van der Waals surface area contributed by atoms with Gasteiger partial charge in [-0.15, -0.1) is 24.8 Å². The Morgan fingerprint density at radius 2 is 1.69 bits per heavy atom. The van der Waals surface area contributed by atoms with E-state index >= 15 is 0 Å². The Bertz CT molecular complexity index is 552. The molecule has 0 saturated carbocycles. The number of nitrogens with zero attached hydrogens (tertiary/aromatic N) is 1. The first-order valence-electron chi connectivity index (χ1n) is 8.18. The van der Waals surface area contributed by atoms with E-state index in [9.17, 15) is 9.59 Å². The molecule has 1 aliphatic heterocycles. The Hall–Kier alpha value is -0.990. The molecular formula is C17H28Cl2N4O2S. The molecule has 2 rings (SSSR count). The summed E-state index contributed by atoms with van der Waals surface area (Å²) in [5.41, 5.74) is 1.48. The molecule has 0 spiro atoms. The second-order valence-corrected chi connectivity index (χ2v) is 7.31.